The summed E-state index contributed by atoms with van der Waals surface area (Å²) < 4.78 is 5.64. The normalized spacial score (nSPS) is 25.3. The molecule has 2 bridgehead atoms. The maximum absolute atomic E-state index is 12.7. The summed E-state index contributed by atoms with van der Waals surface area (Å²) in [7, 11) is 0. The number of carbonyl (C=O) groups is 2. The van der Waals surface area contributed by atoms with Crippen LogP contribution in [0.1, 0.15) is 38.2 Å². The molecule has 26 heavy (non-hydrogen) atoms. The highest BCUT2D eigenvalue weighted by molar-refractivity contribution is 5.86. The summed E-state index contributed by atoms with van der Waals surface area (Å²) in [6, 6.07) is 7.31. The number of rotatable bonds is 6. The van der Waals surface area contributed by atoms with Crippen LogP contribution < -0.4 is 5.32 Å². The Labute approximate surface area is 153 Å². The van der Waals surface area contributed by atoms with Crippen molar-refractivity contribution in [1.29, 1.82) is 0 Å². The molecule has 2 fully saturated rings. The van der Waals surface area contributed by atoms with Crippen LogP contribution in [0.15, 0.2) is 30.5 Å². The van der Waals surface area contributed by atoms with Crippen LogP contribution in [-0.4, -0.2) is 29.5 Å². The van der Waals surface area contributed by atoms with Crippen molar-refractivity contribution >= 4 is 22.8 Å². The molecule has 5 nitrogen and oxygen atoms in total. The minimum atomic E-state index is -0.648. The summed E-state index contributed by atoms with van der Waals surface area (Å²) in [5, 5.41) is 3.84. The summed E-state index contributed by atoms with van der Waals surface area (Å²) in [6.45, 7) is 1.93. The van der Waals surface area contributed by atoms with Gasteiger partial charge in [0.2, 0.25) is 5.91 Å². The second-order valence-corrected chi connectivity index (χ2v) is 7.88. The Morgan fingerprint density at radius 1 is 1.27 bits per heavy atom. The van der Waals surface area contributed by atoms with Crippen molar-refractivity contribution in [3.8, 4) is 0 Å². The average Bonchev–Trinajstić information content (AvgIpc) is 3.34. The van der Waals surface area contributed by atoms with Crippen molar-refractivity contribution < 1.29 is 14.3 Å². The van der Waals surface area contributed by atoms with Crippen LogP contribution in [0.3, 0.4) is 0 Å². The second-order valence-electron chi connectivity index (χ2n) is 7.88. The molecular weight excluding hydrogens is 328 g/mol. The van der Waals surface area contributed by atoms with Crippen molar-refractivity contribution in [3.63, 3.8) is 0 Å². The molecule has 0 aliphatic heterocycles. The highest BCUT2D eigenvalue weighted by Gasteiger charge is 2.40. The number of aromatic nitrogens is 1. The topological polar surface area (TPSA) is 71.2 Å². The van der Waals surface area contributed by atoms with Crippen LogP contribution in [0.2, 0.25) is 0 Å². The van der Waals surface area contributed by atoms with Gasteiger partial charge in [-0.2, -0.15) is 0 Å². The predicted octanol–water partition coefficient (Wildman–Crippen LogP) is 3.19. The van der Waals surface area contributed by atoms with E-state index in [-0.39, 0.29) is 11.9 Å². The molecule has 5 heteroatoms. The van der Waals surface area contributed by atoms with Gasteiger partial charge < -0.3 is 15.0 Å². The first kappa shape index (κ1) is 17.1. The number of H-pyrrole nitrogens is 1. The van der Waals surface area contributed by atoms with Gasteiger partial charge in [0.1, 0.15) is 6.04 Å². The van der Waals surface area contributed by atoms with E-state index in [4.69, 9.17) is 4.74 Å². The summed E-state index contributed by atoms with van der Waals surface area (Å²) in [5.74, 6) is 1.52. The fourth-order valence-corrected chi connectivity index (χ4v) is 4.83. The molecule has 2 aromatic rings. The number of para-hydroxylation sites is 1. The van der Waals surface area contributed by atoms with Crippen molar-refractivity contribution in [2.24, 2.45) is 17.8 Å². The van der Waals surface area contributed by atoms with Crippen LogP contribution in [-0.2, 0) is 20.7 Å². The molecule has 1 amide bonds. The zero-order chi connectivity index (χ0) is 18.1. The van der Waals surface area contributed by atoms with Crippen molar-refractivity contribution in [3.05, 3.63) is 36.0 Å². The molecule has 1 aromatic heterocycles. The van der Waals surface area contributed by atoms with Crippen LogP contribution in [0.5, 0.6) is 0 Å². The van der Waals surface area contributed by atoms with Crippen molar-refractivity contribution in [1.82, 2.24) is 10.3 Å². The van der Waals surface area contributed by atoms with E-state index in [2.05, 4.69) is 10.3 Å². The first-order valence-corrected chi connectivity index (χ1v) is 9.59. The van der Waals surface area contributed by atoms with E-state index >= 15 is 0 Å². The van der Waals surface area contributed by atoms with Crippen LogP contribution in [0, 0.1) is 17.8 Å². The summed E-state index contributed by atoms with van der Waals surface area (Å²) in [5.41, 5.74) is 2.04. The molecule has 0 unspecified atom stereocenters. The van der Waals surface area contributed by atoms with Gasteiger partial charge in [0.15, 0.2) is 0 Å². The van der Waals surface area contributed by atoms with Gasteiger partial charge in [-0.15, -0.1) is 0 Å². The number of carbonyl (C=O) groups excluding carboxylic acids is 2. The zero-order valence-electron chi connectivity index (χ0n) is 15.2. The Morgan fingerprint density at radius 3 is 2.85 bits per heavy atom. The molecule has 1 heterocycles. The third-order valence-electron chi connectivity index (χ3n) is 6.09. The van der Waals surface area contributed by atoms with Crippen molar-refractivity contribution in [2.45, 2.75) is 45.1 Å². The lowest BCUT2D eigenvalue weighted by atomic mass is 9.89. The second kappa shape index (κ2) is 7.14. The van der Waals surface area contributed by atoms with Gasteiger partial charge in [-0.05, 0) is 48.6 Å². The van der Waals surface area contributed by atoms with Gasteiger partial charge in [-0.25, -0.2) is 4.79 Å². The third kappa shape index (κ3) is 3.48. The molecule has 4 rings (SSSR count). The van der Waals surface area contributed by atoms with E-state index in [1.165, 1.54) is 32.6 Å². The molecule has 4 atom stereocenters. The number of benzene rings is 1. The maximum Gasteiger partial charge on any atom is 0.328 e. The molecule has 138 valence electrons. The molecule has 2 N–H and O–H groups in total. The van der Waals surface area contributed by atoms with E-state index in [0.29, 0.717) is 18.9 Å². The Kier molecular flexibility index (Phi) is 4.70. The first-order chi connectivity index (χ1) is 12.6. The molecule has 2 aliphatic rings. The lowest BCUT2D eigenvalue weighted by molar-refractivity contribution is -0.149. The fourth-order valence-electron chi connectivity index (χ4n) is 4.83. The standard InChI is InChI=1S/C21H26N2O3/c1-13(24)23-20(10-16-11-22-19-5-3-2-4-18(16)19)21(25)26-12-17-9-14-6-7-15(17)8-14/h2-5,11,14-15,17,20,22H,6-10,12H2,1H3,(H,23,24)/t14-,15-,17+,20+/m0/s1. The highest BCUT2D eigenvalue weighted by atomic mass is 16.5. The maximum atomic E-state index is 12.7. The van der Waals surface area contributed by atoms with Gasteiger partial charge in [-0.3, -0.25) is 4.79 Å². The van der Waals surface area contributed by atoms with E-state index in [1.807, 2.05) is 30.5 Å². The molecule has 0 radical (unpaired) electrons. The molecular formula is C21H26N2O3. The van der Waals surface area contributed by atoms with Gasteiger partial charge in [-0.1, -0.05) is 24.6 Å². The van der Waals surface area contributed by atoms with Gasteiger partial charge >= 0.3 is 5.97 Å². The number of esters is 1. The molecule has 2 saturated carbocycles. The Hall–Kier alpha value is -2.30. The summed E-state index contributed by atoms with van der Waals surface area (Å²) >= 11 is 0. The minimum absolute atomic E-state index is 0.216. The van der Waals surface area contributed by atoms with Gasteiger partial charge in [0.25, 0.3) is 0 Å². The molecule has 0 saturated heterocycles. The van der Waals surface area contributed by atoms with E-state index in [0.717, 1.165) is 28.3 Å². The molecule has 0 spiro atoms. The Bertz CT molecular complexity index is 812. The first-order valence-electron chi connectivity index (χ1n) is 9.59. The number of ether oxygens (including phenoxy) is 1. The monoisotopic (exact) mass is 354 g/mol. The van der Waals surface area contributed by atoms with Crippen LogP contribution in [0.25, 0.3) is 10.9 Å². The van der Waals surface area contributed by atoms with Crippen molar-refractivity contribution in [2.75, 3.05) is 6.61 Å². The number of hydrogen-bond donors (Lipinski definition) is 2. The molecule has 1 aromatic carbocycles. The molecule has 2 aliphatic carbocycles. The smallest absolute Gasteiger partial charge is 0.328 e. The summed E-state index contributed by atoms with van der Waals surface area (Å²) in [4.78, 5) is 27.5. The fraction of sp³-hybridized carbons (Fsp3) is 0.524. The van der Waals surface area contributed by atoms with Gasteiger partial charge in [0, 0.05) is 30.4 Å². The Morgan fingerprint density at radius 2 is 2.12 bits per heavy atom. The van der Waals surface area contributed by atoms with Crippen LogP contribution in [0.4, 0.5) is 0 Å². The Balaban J connectivity index is 1.42. The number of fused-ring (bicyclic) bond motifs is 3. The number of aromatic amines is 1. The van der Waals surface area contributed by atoms with Gasteiger partial charge in [0.05, 0.1) is 6.61 Å². The zero-order valence-corrected chi connectivity index (χ0v) is 15.2. The average molecular weight is 354 g/mol. The lowest BCUT2D eigenvalue weighted by Gasteiger charge is -2.23. The highest BCUT2D eigenvalue weighted by Crippen LogP contribution is 2.48. The lowest BCUT2D eigenvalue weighted by Crippen LogP contribution is -2.43. The van der Waals surface area contributed by atoms with E-state index in [9.17, 15) is 9.59 Å². The quantitative estimate of drug-likeness (QED) is 0.783. The number of nitrogens with one attached hydrogen (secondary N) is 2. The van der Waals surface area contributed by atoms with E-state index in [1.54, 1.807) is 0 Å². The minimum Gasteiger partial charge on any atom is -0.464 e. The number of hydrogen-bond acceptors (Lipinski definition) is 3. The predicted molar refractivity (Wildman–Crippen MR) is 99.5 cm³/mol. The van der Waals surface area contributed by atoms with Crippen LogP contribution >= 0.6 is 0 Å². The van der Waals surface area contributed by atoms with E-state index < -0.39 is 6.04 Å². The largest absolute Gasteiger partial charge is 0.464 e. The SMILES string of the molecule is CC(=O)N[C@H](Cc1c[nH]c2ccccc12)C(=O)OC[C@H]1C[C@H]2CC[C@H]1C2. The summed E-state index contributed by atoms with van der Waals surface area (Å²) in [6.07, 6.45) is 7.43. The number of amides is 1. The third-order valence-corrected chi connectivity index (χ3v) is 6.09.